The van der Waals surface area contributed by atoms with Gasteiger partial charge >= 0.3 is 0 Å². The zero-order chi connectivity index (χ0) is 21.2. The Bertz CT molecular complexity index is 1140. The van der Waals surface area contributed by atoms with Gasteiger partial charge in [0.2, 0.25) is 5.91 Å². The first-order valence-electron chi connectivity index (χ1n) is 8.76. The lowest BCUT2D eigenvalue weighted by Gasteiger charge is -2.14. The van der Waals surface area contributed by atoms with Crippen LogP contribution in [0.5, 0.6) is 0 Å². The van der Waals surface area contributed by atoms with Crippen LogP contribution in [0.25, 0.3) is 5.69 Å². The van der Waals surface area contributed by atoms with E-state index >= 15 is 0 Å². The highest BCUT2D eigenvalue weighted by molar-refractivity contribution is 7.92. The fraction of sp³-hybridized carbons (Fsp3) is 0.200. The van der Waals surface area contributed by atoms with Gasteiger partial charge in [-0.1, -0.05) is 6.07 Å². The predicted molar refractivity (Wildman–Crippen MR) is 103 cm³/mol. The molecule has 0 aliphatic rings. The van der Waals surface area contributed by atoms with Gasteiger partial charge in [-0.3, -0.25) is 4.79 Å². The Kier molecular flexibility index (Phi) is 5.78. The highest BCUT2D eigenvalue weighted by atomic mass is 32.2. The molecule has 9 heteroatoms. The molecular weight excluding hydrogens is 400 g/mol. The summed E-state index contributed by atoms with van der Waals surface area (Å²) in [7, 11) is -3.97. The molecule has 0 bridgehead atoms. The Labute approximate surface area is 167 Å². The fourth-order valence-corrected chi connectivity index (χ4v) is 4.08. The van der Waals surface area contributed by atoms with Gasteiger partial charge in [-0.2, -0.15) is 0 Å². The quantitative estimate of drug-likeness (QED) is 0.623. The van der Waals surface area contributed by atoms with Crippen molar-refractivity contribution in [3.05, 3.63) is 77.9 Å². The van der Waals surface area contributed by atoms with E-state index < -0.39 is 32.6 Å². The summed E-state index contributed by atoms with van der Waals surface area (Å²) in [5, 5.41) is 1.12. The molecule has 1 aromatic heterocycles. The van der Waals surface area contributed by atoms with Crippen LogP contribution < -0.4 is 5.32 Å². The van der Waals surface area contributed by atoms with E-state index in [9.17, 15) is 22.0 Å². The number of sulfone groups is 1. The lowest BCUT2D eigenvalue weighted by atomic mass is 10.2. The molecule has 0 fully saturated rings. The molecule has 3 rings (SSSR count). The first-order valence-corrected chi connectivity index (χ1v) is 10.3. The number of nitrogens with zero attached hydrogens (tertiary/aromatic N) is 2. The van der Waals surface area contributed by atoms with E-state index in [2.05, 4.69) is 10.3 Å². The molecule has 0 spiro atoms. The van der Waals surface area contributed by atoms with Crippen molar-refractivity contribution in [2.24, 2.45) is 0 Å². The topological polar surface area (TPSA) is 81.1 Å². The normalized spacial score (nSPS) is 12.6. The van der Waals surface area contributed by atoms with Crippen molar-refractivity contribution < 1.29 is 22.0 Å². The van der Waals surface area contributed by atoms with Crippen molar-refractivity contribution >= 4 is 15.7 Å². The average Bonchev–Trinajstić information content (AvgIpc) is 3.11. The Balaban J connectivity index is 1.69. The van der Waals surface area contributed by atoms with E-state index in [1.54, 1.807) is 36.0 Å². The van der Waals surface area contributed by atoms with Crippen molar-refractivity contribution in [3.63, 3.8) is 0 Å². The summed E-state index contributed by atoms with van der Waals surface area (Å²) in [4.78, 5) is 16.2. The highest BCUT2D eigenvalue weighted by Crippen LogP contribution is 2.18. The fourth-order valence-electron chi connectivity index (χ4n) is 2.79. The van der Waals surface area contributed by atoms with Crippen LogP contribution in [-0.4, -0.2) is 29.1 Å². The molecule has 1 heterocycles. The first-order chi connectivity index (χ1) is 13.7. The number of rotatable bonds is 6. The zero-order valence-corrected chi connectivity index (χ0v) is 16.6. The van der Waals surface area contributed by atoms with Gasteiger partial charge in [0.05, 0.1) is 10.6 Å². The first kappa shape index (κ1) is 20.7. The number of aromatic nitrogens is 2. The van der Waals surface area contributed by atoms with E-state index in [4.69, 9.17) is 0 Å². The maximum Gasteiger partial charge on any atom is 0.238 e. The Morgan fingerprint density at radius 1 is 1.17 bits per heavy atom. The van der Waals surface area contributed by atoms with Gasteiger partial charge in [0.25, 0.3) is 0 Å². The molecular formula is C20H19F2N3O3S. The predicted octanol–water partition coefficient (Wildman–Crippen LogP) is 2.94. The number of aryl methyl sites for hydroxylation is 1. The summed E-state index contributed by atoms with van der Waals surface area (Å²) in [5.74, 6) is -1.17. The maximum absolute atomic E-state index is 14.4. The highest BCUT2D eigenvalue weighted by Gasteiger charge is 2.29. The van der Waals surface area contributed by atoms with Crippen LogP contribution in [0.3, 0.4) is 0 Å². The van der Waals surface area contributed by atoms with Crippen LogP contribution in [0.4, 0.5) is 8.78 Å². The number of carbonyl (C=O) groups is 1. The molecule has 1 unspecified atom stereocenters. The third kappa shape index (κ3) is 4.34. The second kappa shape index (κ2) is 8.12. The second-order valence-corrected chi connectivity index (χ2v) is 8.76. The van der Waals surface area contributed by atoms with Gasteiger partial charge in [0.15, 0.2) is 9.84 Å². The molecule has 152 valence electrons. The molecule has 3 aromatic rings. The van der Waals surface area contributed by atoms with E-state index in [0.717, 1.165) is 24.3 Å². The number of hydrogen-bond acceptors (Lipinski definition) is 4. The third-order valence-electron chi connectivity index (χ3n) is 4.54. The number of nitrogens with one attached hydrogen (secondary N) is 1. The van der Waals surface area contributed by atoms with Crippen LogP contribution in [-0.2, 0) is 21.2 Å². The summed E-state index contributed by atoms with van der Waals surface area (Å²) >= 11 is 0. The smallest absolute Gasteiger partial charge is 0.238 e. The van der Waals surface area contributed by atoms with E-state index in [-0.39, 0.29) is 11.4 Å². The van der Waals surface area contributed by atoms with Crippen LogP contribution in [0.2, 0.25) is 0 Å². The van der Waals surface area contributed by atoms with Crippen LogP contribution >= 0.6 is 0 Å². The van der Waals surface area contributed by atoms with Crippen molar-refractivity contribution in [2.75, 3.05) is 0 Å². The van der Waals surface area contributed by atoms with E-state index in [1.807, 2.05) is 0 Å². The standard InChI is InChI=1S/C20H19F2N3O3S/c1-13(29(27,28)17-6-4-16(21)5-7-17)20(26)24-12-15-3-8-19(18(22)11-15)25-10-9-23-14(25)2/h3-11,13H,12H2,1-2H3,(H,24,26). The number of imidazole rings is 1. The zero-order valence-electron chi connectivity index (χ0n) is 15.8. The Morgan fingerprint density at radius 3 is 2.45 bits per heavy atom. The minimum absolute atomic E-state index is 0.0395. The summed E-state index contributed by atoms with van der Waals surface area (Å²) in [6.45, 7) is 2.96. The number of hydrogen-bond donors (Lipinski definition) is 1. The summed E-state index contributed by atoms with van der Waals surface area (Å²) < 4.78 is 54.0. The minimum atomic E-state index is -3.97. The number of benzene rings is 2. The Morgan fingerprint density at radius 2 is 1.86 bits per heavy atom. The van der Waals surface area contributed by atoms with Gasteiger partial charge < -0.3 is 9.88 Å². The number of amides is 1. The molecule has 0 saturated heterocycles. The molecule has 0 aliphatic carbocycles. The van der Waals surface area contributed by atoms with Gasteiger partial charge in [-0.15, -0.1) is 0 Å². The summed E-state index contributed by atoms with van der Waals surface area (Å²) in [5.41, 5.74) is 0.797. The van der Waals surface area contributed by atoms with Gasteiger partial charge in [-0.05, 0) is 55.8 Å². The van der Waals surface area contributed by atoms with Crippen LogP contribution in [0.1, 0.15) is 18.3 Å². The Hall–Kier alpha value is -3.07. The van der Waals surface area contributed by atoms with Crippen molar-refractivity contribution in [3.8, 4) is 5.69 Å². The van der Waals surface area contributed by atoms with Gasteiger partial charge in [0.1, 0.15) is 22.7 Å². The molecule has 1 amide bonds. The number of halogens is 2. The monoisotopic (exact) mass is 419 g/mol. The largest absolute Gasteiger partial charge is 0.351 e. The SMILES string of the molecule is Cc1nccn1-c1ccc(CNC(=O)C(C)S(=O)(=O)c2ccc(F)cc2)cc1F. The van der Waals surface area contributed by atoms with Crippen molar-refractivity contribution in [2.45, 2.75) is 30.5 Å². The number of carbonyl (C=O) groups excluding carboxylic acids is 1. The lowest BCUT2D eigenvalue weighted by molar-refractivity contribution is -0.120. The lowest BCUT2D eigenvalue weighted by Crippen LogP contribution is -2.37. The molecule has 1 N–H and O–H groups in total. The molecule has 0 aliphatic heterocycles. The maximum atomic E-state index is 14.4. The second-order valence-electron chi connectivity index (χ2n) is 6.49. The van der Waals surface area contributed by atoms with Gasteiger partial charge in [0, 0.05) is 18.9 Å². The minimum Gasteiger partial charge on any atom is -0.351 e. The van der Waals surface area contributed by atoms with Crippen molar-refractivity contribution in [1.29, 1.82) is 0 Å². The average molecular weight is 419 g/mol. The van der Waals surface area contributed by atoms with Gasteiger partial charge in [-0.25, -0.2) is 22.2 Å². The molecule has 0 radical (unpaired) electrons. The summed E-state index contributed by atoms with van der Waals surface area (Å²) in [6.07, 6.45) is 3.20. The molecule has 29 heavy (non-hydrogen) atoms. The molecule has 6 nitrogen and oxygen atoms in total. The third-order valence-corrected chi connectivity index (χ3v) is 6.62. The van der Waals surface area contributed by atoms with Crippen molar-refractivity contribution in [1.82, 2.24) is 14.9 Å². The summed E-state index contributed by atoms with van der Waals surface area (Å²) in [6, 6.07) is 8.73. The van der Waals surface area contributed by atoms with E-state index in [1.165, 1.54) is 13.0 Å². The molecule has 1 atom stereocenters. The van der Waals surface area contributed by atoms with E-state index in [0.29, 0.717) is 17.1 Å². The van der Waals surface area contributed by atoms with Crippen LogP contribution in [0.15, 0.2) is 59.8 Å². The molecule has 2 aromatic carbocycles. The molecule has 0 saturated carbocycles. The van der Waals surface area contributed by atoms with Crippen LogP contribution in [0, 0.1) is 18.6 Å².